The molecule has 0 aromatic carbocycles. The van der Waals surface area contributed by atoms with Crippen molar-refractivity contribution in [2.45, 2.75) is 6.17 Å². The minimum atomic E-state index is -0.704. The van der Waals surface area contributed by atoms with E-state index in [0.29, 0.717) is 0 Å². The zero-order valence-electron chi connectivity index (χ0n) is 5.86. The summed E-state index contributed by atoms with van der Waals surface area (Å²) < 4.78 is 0. The molecule has 2 amide bonds. The Morgan fingerprint density at radius 2 is 1.82 bits per heavy atom. The lowest BCUT2D eigenvalue weighted by atomic mass is 10.4. The van der Waals surface area contributed by atoms with Crippen LogP contribution < -0.4 is 11.5 Å². The maximum atomic E-state index is 10.9. The van der Waals surface area contributed by atoms with E-state index in [-0.39, 0.29) is 6.54 Å². The molecule has 1 unspecified atom stereocenters. The molecule has 1 atom stereocenters. The van der Waals surface area contributed by atoms with E-state index in [1.807, 2.05) is 0 Å². The summed E-state index contributed by atoms with van der Waals surface area (Å²) in [6, 6.07) is 0. The second kappa shape index (κ2) is 2.81. The van der Waals surface area contributed by atoms with E-state index in [1.54, 1.807) is 0 Å². The first kappa shape index (κ1) is 7.90. The van der Waals surface area contributed by atoms with E-state index in [9.17, 15) is 9.59 Å². The van der Waals surface area contributed by atoms with Gasteiger partial charge < -0.3 is 11.5 Å². The Kier molecular flexibility index (Phi) is 2.02. The molecule has 0 aliphatic carbocycles. The predicted octanol–water partition coefficient (Wildman–Crippen LogP) is -1.85. The molecule has 5 heteroatoms. The van der Waals surface area contributed by atoms with E-state index in [2.05, 4.69) is 0 Å². The van der Waals surface area contributed by atoms with Crippen LogP contribution in [0.5, 0.6) is 0 Å². The Morgan fingerprint density at radius 3 is 2.18 bits per heavy atom. The molecular formula is C6H9N3O2. The third-order valence-corrected chi connectivity index (χ3v) is 1.42. The van der Waals surface area contributed by atoms with Crippen LogP contribution in [-0.2, 0) is 9.59 Å². The number of rotatable bonds is 2. The summed E-state index contributed by atoms with van der Waals surface area (Å²) in [4.78, 5) is 22.7. The Morgan fingerprint density at radius 1 is 1.36 bits per heavy atom. The smallest absolute Gasteiger partial charge is 0.254 e. The van der Waals surface area contributed by atoms with Crippen LogP contribution >= 0.6 is 0 Å². The summed E-state index contributed by atoms with van der Waals surface area (Å²) >= 11 is 0. The maximum Gasteiger partial charge on any atom is 0.254 e. The van der Waals surface area contributed by atoms with Crippen molar-refractivity contribution in [1.82, 2.24) is 4.90 Å². The van der Waals surface area contributed by atoms with Crippen molar-refractivity contribution in [2.24, 2.45) is 11.5 Å². The first-order chi connectivity index (χ1) is 5.16. The van der Waals surface area contributed by atoms with Gasteiger partial charge in [-0.1, -0.05) is 0 Å². The molecule has 0 saturated carbocycles. The quantitative estimate of drug-likeness (QED) is 0.458. The zero-order chi connectivity index (χ0) is 8.43. The van der Waals surface area contributed by atoms with Crippen LogP contribution in [0, 0.1) is 0 Å². The van der Waals surface area contributed by atoms with Crippen LogP contribution in [-0.4, -0.2) is 29.4 Å². The molecule has 1 aliphatic heterocycles. The average Bonchev–Trinajstić information content (AvgIpc) is 2.30. The molecule has 4 N–H and O–H groups in total. The van der Waals surface area contributed by atoms with E-state index < -0.39 is 18.0 Å². The zero-order valence-corrected chi connectivity index (χ0v) is 5.86. The van der Waals surface area contributed by atoms with Crippen molar-refractivity contribution in [3.8, 4) is 0 Å². The summed E-state index contributed by atoms with van der Waals surface area (Å²) in [6.07, 6.45) is 1.65. The van der Waals surface area contributed by atoms with Crippen LogP contribution in [0.3, 0.4) is 0 Å². The van der Waals surface area contributed by atoms with Gasteiger partial charge in [-0.3, -0.25) is 14.5 Å². The second-order valence-corrected chi connectivity index (χ2v) is 2.18. The molecule has 60 valence electrons. The van der Waals surface area contributed by atoms with Crippen molar-refractivity contribution >= 4 is 11.8 Å². The Hall–Kier alpha value is -1.20. The first-order valence-electron chi connectivity index (χ1n) is 3.17. The fourth-order valence-corrected chi connectivity index (χ4v) is 0.844. The second-order valence-electron chi connectivity index (χ2n) is 2.18. The van der Waals surface area contributed by atoms with Crippen molar-refractivity contribution in [3.63, 3.8) is 0 Å². The average molecular weight is 155 g/mol. The molecule has 1 aliphatic rings. The van der Waals surface area contributed by atoms with Gasteiger partial charge in [-0.2, -0.15) is 0 Å². The van der Waals surface area contributed by atoms with Crippen LogP contribution in [0.2, 0.25) is 0 Å². The fourth-order valence-electron chi connectivity index (χ4n) is 0.844. The SMILES string of the molecule is NCC(N)N1C(=O)C=CC1=O. The van der Waals surface area contributed by atoms with E-state index >= 15 is 0 Å². The van der Waals surface area contributed by atoms with Gasteiger partial charge >= 0.3 is 0 Å². The molecule has 11 heavy (non-hydrogen) atoms. The highest BCUT2D eigenvalue weighted by Crippen LogP contribution is 2.04. The van der Waals surface area contributed by atoms with Crippen LogP contribution in [0.4, 0.5) is 0 Å². The molecule has 1 rings (SSSR count). The normalized spacial score (nSPS) is 19.6. The third kappa shape index (κ3) is 1.28. The lowest BCUT2D eigenvalue weighted by molar-refractivity contribution is -0.139. The Bertz CT molecular complexity index is 206. The monoisotopic (exact) mass is 155 g/mol. The van der Waals surface area contributed by atoms with Gasteiger partial charge in [-0.05, 0) is 0 Å². The number of nitrogens with zero attached hydrogens (tertiary/aromatic N) is 1. The van der Waals surface area contributed by atoms with Crippen molar-refractivity contribution < 1.29 is 9.59 Å². The standard InChI is InChI=1S/C6H9N3O2/c7-3-4(8)9-5(10)1-2-6(9)11/h1-2,4H,3,7-8H2. The van der Waals surface area contributed by atoms with Gasteiger partial charge in [0.25, 0.3) is 11.8 Å². The van der Waals surface area contributed by atoms with Gasteiger partial charge in [0.15, 0.2) is 0 Å². The Labute approximate surface area is 63.6 Å². The van der Waals surface area contributed by atoms with E-state index in [0.717, 1.165) is 4.90 Å². The highest BCUT2D eigenvalue weighted by atomic mass is 16.2. The molecule has 0 saturated heterocycles. The number of hydrogen-bond donors (Lipinski definition) is 2. The maximum absolute atomic E-state index is 10.9. The first-order valence-corrected chi connectivity index (χ1v) is 3.17. The molecule has 0 radical (unpaired) electrons. The summed E-state index contributed by atoms with van der Waals surface area (Å²) in [5.41, 5.74) is 10.6. The number of carbonyl (C=O) groups is 2. The minimum absolute atomic E-state index is 0.0825. The van der Waals surface area contributed by atoms with Gasteiger partial charge in [0.05, 0.1) is 0 Å². The van der Waals surface area contributed by atoms with Crippen molar-refractivity contribution in [2.75, 3.05) is 6.54 Å². The van der Waals surface area contributed by atoms with Crippen LogP contribution in [0.15, 0.2) is 12.2 Å². The largest absolute Gasteiger partial charge is 0.327 e. The topological polar surface area (TPSA) is 89.4 Å². The third-order valence-electron chi connectivity index (χ3n) is 1.42. The van der Waals surface area contributed by atoms with Gasteiger partial charge in [-0.15, -0.1) is 0 Å². The molecule has 0 aromatic rings. The predicted molar refractivity (Wildman–Crippen MR) is 38.0 cm³/mol. The Balaban J connectivity index is 2.73. The number of carbonyl (C=O) groups excluding carboxylic acids is 2. The molecule has 0 aromatic heterocycles. The lowest BCUT2D eigenvalue weighted by Gasteiger charge is -2.19. The number of amides is 2. The van der Waals surface area contributed by atoms with Gasteiger partial charge in [0.2, 0.25) is 0 Å². The summed E-state index contributed by atoms with van der Waals surface area (Å²) in [7, 11) is 0. The number of hydrogen-bond acceptors (Lipinski definition) is 4. The van der Waals surface area contributed by atoms with Crippen LogP contribution in [0.1, 0.15) is 0 Å². The highest BCUT2D eigenvalue weighted by Gasteiger charge is 2.27. The van der Waals surface area contributed by atoms with Gasteiger partial charge in [0, 0.05) is 18.7 Å². The molecule has 1 heterocycles. The minimum Gasteiger partial charge on any atom is -0.327 e. The summed E-state index contributed by atoms with van der Waals surface area (Å²) in [5.74, 6) is -0.791. The fraction of sp³-hybridized carbons (Fsp3) is 0.333. The molecule has 0 bridgehead atoms. The van der Waals surface area contributed by atoms with Crippen molar-refractivity contribution in [1.29, 1.82) is 0 Å². The van der Waals surface area contributed by atoms with Crippen LogP contribution in [0.25, 0.3) is 0 Å². The summed E-state index contributed by atoms with van der Waals surface area (Å²) in [5, 5.41) is 0. The van der Waals surface area contributed by atoms with E-state index in [4.69, 9.17) is 11.5 Å². The van der Waals surface area contributed by atoms with Gasteiger partial charge in [-0.25, -0.2) is 0 Å². The highest BCUT2D eigenvalue weighted by molar-refractivity contribution is 6.13. The summed E-state index contributed by atoms with van der Waals surface area (Å²) in [6.45, 7) is 0.0825. The molecular weight excluding hydrogens is 146 g/mol. The lowest BCUT2D eigenvalue weighted by Crippen LogP contribution is -2.49. The molecule has 0 spiro atoms. The number of imide groups is 1. The number of nitrogens with two attached hydrogens (primary N) is 2. The molecule has 0 fully saturated rings. The van der Waals surface area contributed by atoms with Gasteiger partial charge in [0.1, 0.15) is 6.17 Å². The van der Waals surface area contributed by atoms with E-state index in [1.165, 1.54) is 12.2 Å². The van der Waals surface area contributed by atoms with Crippen molar-refractivity contribution in [3.05, 3.63) is 12.2 Å². The molecule has 5 nitrogen and oxygen atoms in total.